The molecular formula is C15H22ClN3S. The van der Waals surface area contributed by atoms with Crippen LogP contribution in [0.5, 0.6) is 0 Å². The van der Waals surface area contributed by atoms with Crippen LogP contribution in [-0.2, 0) is 31.7 Å². The lowest BCUT2D eigenvalue weighted by Crippen LogP contribution is -2.05. The highest BCUT2D eigenvalue weighted by Gasteiger charge is 2.05. The zero-order chi connectivity index (χ0) is 14.4. The predicted molar refractivity (Wildman–Crippen MR) is 85.6 cm³/mol. The number of unbranched alkanes of at least 4 members (excludes halogenated alkanes) is 1. The Kier molecular flexibility index (Phi) is 6.05. The third-order valence-electron chi connectivity index (χ3n) is 3.39. The fraction of sp³-hybridized carbons (Fsp3) is 0.600. The van der Waals surface area contributed by atoms with Crippen LogP contribution in [0.2, 0.25) is 0 Å². The first kappa shape index (κ1) is 15.5. The van der Waals surface area contributed by atoms with Gasteiger partial charge in [-0.05, 0) is 38.2 Å². The molecule has 2 aromatic heterocycles. The Labute approximate surface area is 130 Å². The molecule has 0 amide bonds. The summed E-state index contributed by atoms with van der Waals surface area (Å²) >= 11 is 7.48. The molecule has 2 aromatic rings. The molecule has 0 aliphatic rings. The number of halogens is 1. The number of nitrogens with zero attached hydrogens (tertiary/aromatic N) is 3. The van der Waals surface area contributed by atoms with Crippen molar-refractivity contribution in [1.29, 1.82) is 0 Å². The van der Waals surface area contributed by atoms with Gasteiger partial charge in [0, 0.05) is 17.6 Å². The second-order valence-electron chi connectivity index (χ2n) is 4.88. The van der Waals surface area contributed by atoms with Crippen LogP contribution in [0, 0.1) is 0 Å². The van der Waals surface area contributed by atoms with E-state index in [4.69, 9.17) is 11.6 Å². The van der Waals surface area contributed by atoms with Gasteiger partial charge in [-0.1, -0.05) is 13.8 Å². The molecule has 2 heterocycles. The summed E-state index contributed by atoms with van der Waals surface area (Å²) in [6, 6.07) is 2.23. The molecule has 5 heteroatoms. The minimum Gasteiger partial charge on any atom is -0.269 e. The average Bonchev–Trinajstić information content (AvgIpc) is 3.09. The normalized spacial score (nSPS) is 11.2. The molecule has 0 N–H and O–H groups in total. The summed E-state index contributed by atoms with van der Waals surface area (Å²) < 4.78 is 2.17. The fourth-order valence-electron chi connectivity index (χ4n) is 2.23. The van der Waals surface area contributed by atoms with E-state index in [-0.39, 0.29) is 0 Å². The van der Waals surface area contributed by atoms with E-state index in [1.54, 1.807) is 11.3 Å². The lowest BCUT2D eigenvalue weighted by Gasteiger charge is -2.05. The Hall–Kier alpha value is -0.870. The van der Waals surface area contributed by atoms with E-state index in [0.29, 0.717) is 5.88 Å². The van der Waals surface area contributed by atoms with Crippen LogP contribution in [-0.4, -0.2) is 14.8 Å². The minimum atomic E-state index is 0.517. The second-order valence-corrected chi connectivity index (χ2v) is 6.09. The highest BCUT2D eigenvalue weighted by molar-refractivity contribution is 7.09. The van der Waals surface area contributed by atoms with E-state index < -0.39 is 0 Å². The number of hydrogen-bond acceptors (Lipinski definition) is 3. The molecule has 0 aliphatic carbocycles. The minimum absolute atomic E-state index is 0.517. The number of alkyl halides is 1. The van der Waals surface area contributed by atoms with Crippen molar-refractivity contribution in [2.45, 2.75) is 58.4 Å². The SMILES string of the molecule is CCc1cc(CC)n(CCCCc2nc(CCl)cs2)n1. The van der Waals surface area contributed by atoms with Gasteiger partial charge in [-0.15, -0.1) is 22.9 Å². The summed E-state index contributed by atoms with van der Waals surface area (Å²) in [5.74, 6) is 0.517. The molecule has 0 atom stereocenters. The van der Waals surface area contributed by atoms with Crippen molar-refractivity contribution in [3.8, 4) is 0 Å². The highest BCUT2D eigenvalue weighted by Crippen LogP contribution is 2.15. The van der Waals surface area contributed by atoms with Crippen LogP contribution >= 0.6 is 22.9 Å². The monoisotopic (exact) mass is 311 g/mol. The summed E-state index contributed by atoms with van der Waals surface area (Å²) in [5, 5.41) is 7.90. The molecule has 2 rings (SSSR count). The van der Waals surface area contributed by atoms with Crippen molar-refractivity contribution in [2.75, 3.05) is 0 Å². The van der Waals surface area contributed by atoms with Crippen LogP contribution in [0.25, 0.3) is 0 Å². The van der Waals surface area contributed by atoms with Crippen molar-refractivity contribution in [3.05, 3.63) is 33.5 Å². The van der Waals surface area contributed by atoms with Crippen LogP contribution in [0.4, 0.5) is 0 Å². The third-order valence-corrected chi connectivity index (χ3v) is 4.62. The van der Waals surface area contributed by atoms with Crippen LogP contribution in [0.15, 0.2) is 11.4 Å². The molecular weight excluding hydrogens is 290 g/mol. The number of aryl methyl sites for hydroxylation is 4. The maximum absolute atomic E-state index is 5.76. The zero-order valence-corrected chi connectivity index (χ0v) is 13.8. The van der Waals surface area contributed by atoms with E-state index in [1.807, 2.05) is 0 Å². The Balaban J connectivity index is 1.79. The first-order valence-electron chi connectivity index (χ1n) is 7.31. The van der Waals surface area contributed by atoms with Crippen molar-refractivity contribution >= 4 is 22.9 Å². The molecule has 0 radical (unpaired) electrons. The van der Waals surface area contributed by atoms with E-state index in [1.165, 1.54) is 16.4 Å². The molecule has 0 aromatic carbocycles. The van der Waals surface area contributed by atoms with Gasteiger partial charge in [0.25, 0.3) is 0 Å². The molecule has 20 heavy (non-hydrogen) atoms. The molecule has 0 bridgehead atoms. The summed E-state index contributed by atoms with van der Waals surface area (Å²) in [7, 11) is 0. The largest absolute Gasteiger partial charge is 0.269 e. The molecule has 110 valence electrons. The van der Waals surface area contributed by atoms with Gasteiger partial charge in [0.2, 0.25) is 0 Å². The quantitative estimate of drug-likeness (QED) is 0.539. The molecule has 0 spiro atoms. The Morgan fingerprint density at radius 1 is 1.20 bits per heavy atom. The van der Waals surface area contributed by atoms with E-state index in [2.05, 4.69) is 40.1 Å². The number of aromatic nitrogens is 3. The van der Waals surface area contributed by atoms with Gasteiger partial charge in [0.1, 0.15) is 0 Å². The van der Waals surface area contributed by atoms with Gasteiger partial charge in [-0.2, -0.15) is 5.10 Å². The number of thiazole rings is 1. The van der Waals surface area contributed by atoms with Gasteiger partial charge in [-0.3, -0.25) is 4.68 Å². The predicted octanol–water partition coefficient (Wildman–Crippen LogP) is 4.23. The fourth-order valence-corrected chi connectivity index (χ4v) is 3.30. The standard InChI is InChI=1S/C15H22ClN3S/c1-3-12-9-14(4-2)19(18-12)8-6-5-7-15-17-13(10-16)11-20-15/h9,11H,3-8,10H2,1-2H3. The van der Waals surface area contributed by atoms with Crippen molar-refractivity contribution in [2.24, 2.45) is 0 Å². The number of rotatable bonds is 8. The first-order valence-corrected chi connectivity index (χ1v) is 8.73. The lowest BCUT2D eigenvalue weighted by atomic mass is 10.2. The van der Waals surface area contributed by atoms with Gasteiger partial charge < -0.3 is 0 Å². The van der Waals surface area contributed by atoms with Crippen LogP contribution in [0.3, 0.4) is 0 Å². The summed E-state index contributed by atoms with van der Waals surface area (Å²) in [6.07, 6.45) is 5.41. The smallest absolute Gasteiger partial charge is 0.0928 e. The Morgan fingerprint density at radius 2 is 2.05 bits per heavy atom. The van der Waals surface area contributed by atoms with Gasteiger partial charge >= 0.3 is 0 Å². The van der Waals surface area contributed by atoms with Crippen molar-refractivity contribution < 1.29 is 0 Å². The average molecular weight is 312 g/mol. The maximum atomic E-state index is 5.76. The summed E-state index contributed by atoms with van der Waals surface area (Å²) in [6.45, 7) is 5.36. The van der Waals surface area contributed by atoms with E-state index in [9.17, 15) is 0 Å². The third kappa shape index (κ3) is 4.06. The van der Waals surface area contributed by atoms with Crippen LogP contribution in [0.1, 0.15) is 48.8 Å². The number of hydrogen-bond donors (Lipinski definition) is 0. The molecule has 0 aliphatic heterocycles. The zero-order valence-electron chi connectivity index (χ0n) is 12.2. The Bertz CT molecular complexity index is 533. The molecule has 0 saturated heterocycles. The first-order chi connectivity index (χ1) is 9.76. The molecule has 0 fully saturated rings. The van der Waals surface area contributed by atoms with Gasteiger partial charge in [0.05, 0.1) is 22.3 Å². The molecule has 3 nitrogen and oxygen atoms in total. The van der Waals surface area contributed by atoms with Crippen molar-refractivity contribution in [3.63, 3.8) is 0 Å². The van der Waals surface area contributed by atoms with E-state index in [0.717, 1.165) is 44.3 Å². The second kappa shape index (κ2) is 7.79. The maximum Gasteiger partial charge on any atom is 0.0928 e. The molecule has 0 unspecified atom stereocenters. The highest BCUT2D eigenvalue weighted by atomic mass is 35.5. The van der Waals surface area contributed by atoms with Gasteiger partial charge in [-0.25, -0.2) is 4.98 Å². The lowest BCUT2D eigenvalue weighted by molar-refractivity contribution is 0.534. The van der Waals surface area contributed by atoms with Gasteiger partial charge in [0.15, 0.2) is 0 Å². The summed E-state index contributed by atoms with van der Waals surface area (Å²) in [4.78, 5) is 4.49. The summed E-state index contributed by atoms with van der Waals surface area (Å²) in [5.41, 5.74) is 3.55. The molecule has 0 saturated carbocycles. The Morgan fingerprint density at radius 3 is 2.70 bits per heavy atom. The van der Waals surface area contributed by atoms with Crippen molar-refractivity contribution in [1.82, 2.24) is 14.8 Å². The van der Waals surface area contributed by atoms with E-state index >= 15 is 0 Å². The van der Waals surface area contributed by atoms with Crippen LogP contribution < -0.4 is 0 Å². The topological polar surface area (TPSA) is 30.7 Å².